The molecule has 3 N–H and O–H groups in total. The fourth-order valence-electron chi connectivity index (χ4n) is 2.79. The van der Waals surface area contributed by atoms with E-state index in [0.717, 1.165) is 23.4 Å². The molecule has 0 saturated carbocycles. The number of rotatable bonds is 5. The van der Waals surface area contributed by atoms with E-state index in [0.29, 0.717) is 37.6 Å². The molecule has 0 amide bonds. The third-order valence-electron chi connectivity index (χ3n) is 4.05. The van der Waals surface area contributed by atoms with Gasteiger partial charge in [-0.15, -0.1) is 24.0 Å². The van der Waals surface area contributed by atoms with Crippen molar-refractivity contribution in [2.24, 2.45) is 10.7 Å². The van der Waals surface area contributed by atoms with Gasteiger partial charge in [0.15, 0.2) is 17.5 Å². The molecule has 0 unspecified atom stereocenters. The normalized spacial score (nSPS) is 13.6. The van der Waals surface area contributed by atoms with E-state index in [1.165, 1.54) is 6.07 Å². The number of fused-ring (bicyclic) bond motifs is 1. The van der Waals surface area contributed by atoms with Gasteiger partial charge in [-0.3, -0.25) is 0 Å². The minimum Gasteiger partial charge on any atom is -0.490 e. The predicted octanol–water partition coefficient (Wildman–Crippen LogP) is 3.59. The highest BCUT2D eigenvalue weighted by molar-refractivity contribution is 14.0. The number of aliphatic imine (C=N–C) groups is 1. The van der Waals surface area contributed by atoms with Crippen molar-refractivity contribution in [2.45, 2.75) is 19.5 Å². The molecule has 0 radical (unpaired) electrons. The topological polar surface area (TPSA) is 72.1 Å². The quantitative estimate of drug-likeness (QED) is 0.373. The highest BCUT2D eigenvalue weighted by atomic mass is 127. The highest BCUT2D eigenvalue weighted by Gasteiger charge is 2.11. The molecule has 0 aromatic heterocycles. The maximum absolute atomic E-state index is 13.9. The molecule has 8 heteroatoms. The second kappa shape index (κ2) is 10.5. The second-order valence-electron chi connectivity index (χ2n) is 6.70. The maximum Gasteiger partial charge on any atom is 0.193 e. The third-order valence-corrected chi connectivity index (χ3v) is 4.05. The molecule has 6 nitrogen and oxygen atoms in total. The van der Waals surface area contributed by atoms with E-state index in [1.54, 1.807) is 6.07 Å². The number of hydrogen-bond acceptors (Lipinski definition) is 4. The van der Waals surface area contributed by atoms with E-state index in [9.17, 15) is 4.39 Å². The van der Waals surface area contributed by atoms with Gasteiger partial charge in [-0.25, -0.2) is 9.38 Å². The summed E-state index contributed by atoms with van der Waals surface area (Å²) in [6, 6.07) is 10.6. The van der Waals surface area contributed by atoms with Crippen molar-refractivity contribution in [2.75, 3.05) is 32.6 Å². The van der Waals surface area contributed by atoms with Gasteiger partial charge in [0.1, 0.15) is 5.82 Å². The summed E-state index contributed by atoms with van der Waals surface area (Å²) in [6.45, 7) is 2.18. The van der Waals surface area contributed by atoms with Gasteiger partial charge in [0.25, 0.3) is 0 Å². The average molecular weight is 500 g/mol. The molecule has 1 heterocycles. The van der Waals surface area contributed by atoms with Gasteiger partial charge in [0.2, 0.25) is 0 Å². The summed E-state index contributed by atoms with van der Waals surface area (Å²) in [4.78, 5) is 6.27. The van der Waals surface area contributed by atoms with Crippen molar-refractivity contribution < 1.29 is 13.9 Å². The van der Waals surface area contributed by atoms with Gasteiger partial charge in [-0.05, 0) is 43.9 Å². The van der Waals surface area contributed by atoms with Crippen LogP contribution in [0.2, 0.25) is 0 Å². The highest BCUT2D eigenvalue weighted by Crippen LogP contribution is 2.32. The van der Waals surface area contributed by atoms with Crippen molar-refractivity contribution in [1.29, 1.82) is 0 Å². The van der Waals surface area contributed by atoms with Crippen LogP contribution in [0.5, 0.6) is 11.5 Å². The van der Waals surface area contributed by atoms with Gasteiger partial charge in [0, 0.05) is 30.3 Å². The predicted molar refractivity (Wildman–Crippen MR) is 120 cm³/mol. The largest absolute Gasteiger partial charge is 0.490 e. The van der Waals surface area contributed by atoms with Crippen molar-refractivity contribution in [3.05, 3.63) is 53.3 Å². The molecule has 0 atom stereocenters. The van der Waals surface area contributed by atoms with Gasteiger partial charge < -0.3 is 25.4 Å². The standard InChI is InChI=1S/C20H25FN4O2.HI/c1-25(2)13-15-10-14(4-6-17(15)21)12-23-20(22)24-16-5-7-18-19(11-16)27-9-3-8-26-18;/h4-7,10-11H,3,8-9,12-13H2,1-2H3,(H3,22,23,24);1H. The van der Waals surface area contributed by atoms with Crippen LogP contribution in [0.15, 0.2) is 41.4 Å². The molecule has 152 valence electrons. The first-order chi connectivity index (χ1) is 13.0. The Hall–Kier alpha value is -2.07. The van der Waals surface area contributed by atoms with E-state index in [4.69, 9.17) is 15.2 Å². The van der Waals surface area contributed by atoms with E-state index in [2.05, 4.69) is 10.3 Å². The Kier molecular flexibility index (Phi) is 8.31. The SMILES string of the molecule is CN(C)Cc1cc(CN=C(N)Nc2ccc3c(c2)OCCCO3)ccc1F.I. The Labute approximate surface area is 181 Å². The van der Waals surface area contributed by atoms with Crippen LogP contribution >= 0.6 is 24.0 Å². The van der Waals surface area contributed by atoms with Gasteiger partial charge in [-0.2, -0.15) is 0 Å². The summed E-state index contributed by atoms with van der Waals surface area (Å²) < 4.78 is 25.1. The molecule has 0 spiro atoms. The number of guanidine groups is 1. The molecule has 0 saturated heterocycles. The first-order valence-electron chi connectivity index (χ1n) is 8.90. The number of hydrogen-bond donors (Lipinski definition) is 2. The third kappa shape index (κ3) is 6.23. The molecule has 1 aliphatic heterocycles. The summed E-state index contributed by atoms with van der Waals surface area (Å²) in [7, 11) is 3.81. The van der Waals surface area contributed by atoms with Crippen LogP contribution < -0.4 is 20.5 Å². The number of nitrogens with two attached hydrogens (primary N) is 1. The van der Waals surface area contributed by atoms with Crippen molar-refractivity contribution >= 4 is 35.6 Å². The zero-order valence-corrected chi connectivity index (χ0v) is 18.4. The molecule has 28 heavy (non-hydrogen) atoms. The van der Waals surface area contributed by atoms with E-state index >= 15 is 0 Å². The van der Waals surface area contributed by atoms with Crippen LogP contribution in [-0.2, 0) is 13.1 Å². The summed E-state index contributed by atoms with van der Waals surface area (Å²) in [5.74, 6) is 1.49. The lowest BCUT2D eigenvalue weighted by Crippen LogP contribution is -2.22. The second-order valence-corrected chi connectivity index (χ2v) is 6.70. The Morgan fingerprint density at radius 1 is 1.14 bits per heavy atom. The summed E-state index contributed by atoms with van der Waals surface area (Å²) in [6.07, 6.45) is 0.856. The molecule has 3 rings (SSSR count). The Bertz CT molecular complexity index is 830. The smallest absolute Gasteiger partial charge is 0.193 e. The number of ether oxygens (including phenoxy) is 2. The van der Waals surface area contributed by atoms with Crippen LogP contribution in [0.1, 0.15) is 17.5 Å². The van der Waals surface area contributed by atoms with Gasteiger partial charge in [0.05, 0.1) is 19.8 Å². The van der Waals surface area contributed by atoms with Crippen molar-refractivity contribution in [3.8, 4) is 11.5 Å². The lowest BCUT2D eigenvalue weighted by Gasteiger charge is -2.12. The van der Waals surface area contributed by atoms with Crippen LogP contribution in [0.4, 0.5) is 10.1 Å². The monoisotopic (exact) mass is 500 g/mol. The zero-order chi connectivity index (χ0) is 19.2. The van der Waals surface area contributed by atoms with E-state index < -0.39 is 0 Å². The molecule has 1 aliphatic rings. The average Bonchev–Trinajstić information content (AvgIpc) is 2.87. The summed E-state index contributed by atoms with van der Waals surface area (Å²) in [5, 5.41) is 3.05. The van der Waals surface area contributed by atoms with Crippen molar-refractivity contribution in [3.63, 3.8) is 0 Å². The summed E-state index contributed by atoms with van der Waals surface area (Å²) in [5.41, 5.74) is 8.31. The van der Waals surface area contributed by atoms with Crippen LogP contribution in [0.25, 0.3) is 0 Å². The fourth-order valence-corrected chi connectivity index (χ4v) is 2.79. The first kappa shape index (κ1) is 22.2. The number of halogens is 2. The van der Waals surface area contributed by atoms with Crippen LogP contribution in [0, 0.1) is 5.82 Å². The number of anilines is 1. The minimum absolute atomic E-state index is 0. The molecule has 2 aromatic rings. The molecule has 0 bridgehead atoms. The molecular weight excluding hydrogens is 474 g/mol. The zero-order valence-electron chi connectivity index (χ0n) is 16.1. The summed E-state index contributed by atoms with van der Waals surface area (Å²) >= 11 is 0. The van der Waals surface area contributed by atoms with Crippen LogP contribution in [-0.4, -0.2) is 38.2 Å². The maximum atomic E-state index is 13.9. The Morgan fingerprint density at radius 2 is 1.89 bits per heavy atom. The molecule has 2 aromatic carbocycles. The Balaban J connectivity index is 0.00000280. The minimum atomic E-state index is -0.213. The number of nitrogens with one attached hydrogen (secondary N) is 1. The molecule has 0 fully saturated rings. The van der Waals surface area contributed by atoms with E-state index in [1.807, 2.05) is 43.3 Å². The van der Waals surface area contributed by atoms with Gasteiger partial charge >= 0.3 is 0 Å². The fraction of sp³-hybridized carbons (Fsp3) is 0.350. The number of nitrogens with zero attached hydrogens (tertiary/aromatic N) is 2. The van der Waals surface area contributed by atoms with Crippen LogP contribution in [0.3, 0.4) is 0 Å². The van der Waals surface area contributed by atoms with Crippen molar-refractivity contribution in [1.82, 2.24) is 4.90 Å². The lowest BCUT2D eigenvalue weighted by atomic mass is 10.1. The molecule has 0 aliphatic carbocycles. The Morgan fingerprint density at radius 3 is 2.64 bits per heavy atom. The van der Waals surface area contributed by atoms with Gasteiger partial charge in [-0.1, -0.05) is 6.07 Å². The first-order valence-corrected chi connectivity index (χ1v) is 8.90. The lowest BCUT2D eigenvalue weighted by molar-refractivity contribution is 0.297. The van der Waals surface area contributed by atoms with E-state index in [-0.39, 0.29) is 35.8 Å². The molecular formula is C20H26FIN4O2. The number of benzene rings is 2.